The van der Waals surface area contributed by atoms with Gasteiger partial charge in [0.15, 0.2) is 0 Å². The standard InChI is InChI=1S/C23H24.C16H20.C14H14O.C2H6/c1-14(2)19-13-21-22(17-9-7-6-8-16(17)19)18-11-10-15(3)12-20(18)23(21,4)5;1-6-9-15(12(3)7-2)16-13(4)10-8-11-14(16)5;1-4-6-13-11(5-2)12-8-7-10(3)9-14(12)15-13;1-2/h6-14H,1-5H3;6-11H,2H2,1,3-5H3;4-9H,2H2,1,3H3;1-2H3/b;9-6-,15-12+;6-4-;. The van der Waals surface area contributed by atoms with Crippen LogP contribution in [0, 0.1) is 27.7 Å². The molecule has 5 aromatic carbocycles. The lowest BCUT2D eigenvalue weighted by molar-refractivity contribution is 0.603. The van der Waals surface area contributed by atoms with E-state index in [-0.39, 0.29) is 5.41 Å². The summed E-state index contributed by atoms with van der Waals surface area (Å²) in [5.74, 6) is 1.42. The van der Waals surface area contributed by atoms with Crippen LogP contribution in [0.15, 0.2) is 132 Å². The van der Waals surface area contributed by atoms with E-state index in [4.69, 9.17) is 4.42 Å². The van der Waals surface area contributed by atoms with Gasteiger partial charge in [0, 0.05) is 16.4 Å². The summed E-state index contributed by atoms with van der Waals surface area (Å²) in [5.41, 5.74) is 18.4. The van der Waals surface area contributed by atoms with Gasteiger partial charge in [-0.1, -0.05) is 170 Å². The first kappa shape index (κ1) is 43.3. The zero-order valence-corrected chi connectivity index (χ0v) is 36.4. The summed E-state index contributed by atoms with van der Waals surface area (Å²) in [6, 6.07) is 31.0. The van der Waals surface area contributed by atoms with Crippen LogP contribution >= 0.6 is 0 Å². The highest BCUT2D eigenvalue weighted by Crippen LogP contribution is 2.52. The number of fused-ring (bicyclic) bond motifs is 6. The molecular formula is C55H64O. The number of benzene rings is 5. The van der Waals surface area contributed by atoms with Gasteiger partial charge in [-0.25, -0.2) is 0 Å². The van der Waals surface area contributed by atoms with Crippen LogP contribution < -0.4 is 0 Å². The van der Waals surface area contributed by atoms with Crippen molar-refractivity contribution in [2.45, 2.75) is 101 Å². The Morgan fingerprint density at radius 2 is 1.34 bits per heavy atom. The lowest BCUT2D eigenvalue weighted by Gasteiger charge is -2.24. The minimum atomic E-state index is 0.0738. The number of hydrogen-bond acceptors (Lipinski definition) is 1. The molecule has 0 unspecified atom stereocenters. The lowest BCUT2D eigenvalue weighted by Crippen LogP contribution is -2.15. The van der Waals surface area contributed by atoms with Crippen molar-refractivity contribution in [3.8, 4) is 11.1 Å². The van der Waals surface area contributed by atoms with Gasteiger partial charge >= 0.3 is 0 Å². The quantitative estimate of drug-likeness (QED) is 0.155. The molecule has 1 aromatic heterocycles. The molecule has 56 heavy (non-hydrogen) atoms. The first-order chi connectivity index (χ1) is 26.8. The van der Waals surface area contributed by atoms with Gasteiger partial charge in [0.1, 0.15) is 11.3 Å². The monoisotopic (exact) mass is 740 g/mol. The largest absolute Gasteiger partial charge is 0.456 e. The van der Waals surface area contributed by atoms with E-state index in [1.807, 2.05) is 52.0 Å². The summed E-state index contributed by atoms with van der Waals surface area (Å²) in [7, 11) is 0. The molecule has 0 spiro atoms. The average molecular weight is 741 g/mol. The summed E-state index contributed by atoms with van der Waals surface area (Å²) >= 11 is 0. The highest BCUT2D eigenvalue weighted by Gasteiger charge is 2.37. The third-order valence-electron chi connectivity index (χ3n) is 10.7. The van der Waals surface area contributed by atoms with Crippen molar-refractivity contribution in [2.75, 3.05) is 0 Å². The molecule has 0 saturated heterocycles. The van der Waals surface area contributed by atoms with Gasteiger partial charge in [-0.05, 0) is 139 Å². The van der Waals surface area contributed by atoms with Crippen molar-refractivity contribution in [3.05, 3.63) is 184 Å². The normalized spacial score (nSPS) is 13.0. The Bertz CT molecular complexity index is 2410. The van der Waals surface area contributed by atoms with Crippen LogP contribution in [0.4, 0.5) is 0 Å². The Labute approximate surface area is 338 Å². The Hall–Kier alpha value is -5.40. The Morgan fingerprint density at radius 3 is 1.93 bits per heavy atom. The molecule has 1 nitrogen and oxygen atoms in total. The second kappa shape index (κ2) is 19.0. The Morgan fingerprint density at radius 1 is 0.714 bits per heavy atom. The molecule has 6 aromatic rings. The second-order valence-corrected chi connectivity index (χ2v) is 15.4. The van der Waals surface area contributed by atoms with E-state index in [1.54, 1.807) is 0 Å². The highest BCUT2D eigenvalue weighted by atomic mass is 16.3. The zero-order chi connectivity index (χ0) is 41.3. The van der Waals surface area contributed by atoms with Gasteiger partial charge in [-0.2, -0.15) is 0 Å². The molecule has 0 saturated carbocycles. The van der Waals surface area contributed by atoms with Gasteiger partial charge in [0.05, 0.1) is 0 Å². The van der Waals surface area contributed by atoms with Crippen LogP contribution in [-0.4, -0.2) is 0 Å². The molecule has 290 valence electrons. The first-order valence-corrected chi connectivity index (χ1v) is 20.3. The maximum Gasteiger partial charge on any atom is 0.135 e. The fourth-order valence-electron chi connectivity index (χ4n) is 7.86. The fourth-order valence-corrected chi connectivity index (χ4v) is 7.86. The molecule has 0 amide bonds. The average Bonchev–Trinajstić information content (AvgIpc) is 3.64. The first-order valence-electron chi connectivity index (χ1n) is 20.3. The third kappa shape index (κ3) is 8.84. The minimum Gasteiger partial charge on any atom is -0.456 e. The Balaban J connectivity index is 0.000000188. The predicted octanol–water partition coefficient (Wildman–Crippen LogP) is 16.9. The van der Waals surface area contributed by atoms with E-state index in [0.29, 0.717) is 5.92 Å². The molecule has 7 rings (SSSR count). The maximum absolute atomic E-state index is 5.75. The van der Waals surface area contributed by atoms with E-state index < -0.39 is 0 Å². The van der Waals surface area contributed by atoms with Crippen molar-refractivity contribution in [1.82, 2.24) is 0 Å². The van der Waals surface area contributed by atoms with E-state index in [1.165, 1.54) is 77.6 Å². The lowest BCUT2D eigenvalue weighted by atomic mass is 9.80. The third-order valence-corrected chi connectivity index (χ3v) is 10.7. The molecule has 0 fully saturated rings. The van der Waals surface area contributed by atoms with Crippen molar-refractivity contribution in [1.29, 1.82) is 0 Å². The SMILES string of the molecule is C=C/C(C)=C(\C=C/C)c1c(C)cccc1C.C=Cc1c(/C=C\C)oc2cc(C)ccc12.CC.Cc1ccc2c(c1)C(C)(C)c1cc(C(C)C)c3ccccc3c1-2. The number of hydrogen-bond donors (Lipinski definition) is 0. The van der Waals surface area contributed by atoms with Crippen LogP contribution in [0.25, 0.3) is 50.6 Å². The van der Waals surface area contributed by atoms with Gasteiger partial charge in [-0.15, -0.1) is 0 Å². The van der Waals surface area contributed by atoms with Crippen molar-refractivity contribution < 1.29 is 4.42 Å². The molecule has 0 bridgehead atoms. The van der Waals surface area contributed by atoms with Crippen LogP contribution in [0.5, 0.6) is 0 Å². The number of rotatable bonds is 6. The number of aryl methyl sites for hydroxylation is 4. The van der Waals surface area contributed by atoms with Gasteiger partial charge in [-0.3, -0.25) is 0 Å². The van der Waals surface area contributed by atoms with Gasteiger partial charge in [0.25, 0.3) is 0 Å². The predicted molar refractivity (Wildman–Crippen MR) is 251 cm³/mol. The van der Waals surface area contributed by atoms with Crippen LogP contribution in [0.1, 0.15) is 124 Å². The molecule has 0 atom stereocenters. The summed E-state index contributed by atoms with van der Waals surface area (Å²) in [5, 5.41) is 3.94. The molecule has 1 heteroatoms. The van der Waals surface area contributed by atoms with E-state index in [2.05, 4.69) is 173 Å². The van der Waals surface area contributed by atoms with E-state index >= 15 is 0 Å². The van der Waals surface area contributed by atoms with Crippen LogP contribution in [0.3, 0.4) is 0 Å². The Kier molecular flexibility index (Phi) is 14.7. The summed E-state index contributed by atoms with van der Waals surface area (Å²) in [6.45, 7) is 35.7. The second-order valence-electron chi connectivity index (χ2n) is 15.4. The molecule has 1 aliphatic carbocycles. The molecule has 1 heterocycles. The fraction of sp³-hybridized carbons (Fsp3) is 0.273. The summed E-state index contributed by atoms with van der Waals surface area (Å²) < 4.78 is 5.75. The van der Waals surface area contributed by atoms with Crippen molar-refractivity contribution in [3.63, 3.8) is 0 Å². The molecule has 1 aliphatic rings. The zero-order valence-electron chi connectivity index (χ0n) is 36.4. The highest BCUT2D eigenvalue weighted by molar-refractivity contribution is 6.04. The number of allylic oxidation sites excluding steroid dienone is 6. The van der Waals surface area contributed by atoms with E-state index in [0.717, 1.165) is 22.3 Å². The van der Waals surface area contributed by atoms with Gasteiger partial charge < -0.3 is 4.42 Å². The number of furan rings is 1. The maximum atomic E-state index is 5.75. The smallest absolute Gasteiger partial charge is 0.135 e. The topological polar surface area (TPSA) is 13.1 Å². The van der Waals surface area contributed by atoms with Crippen molar-refractivity contribution in [2.24, 2.45) is 0 Å². The summed E-state index contributed by atoms with van der Waals surface area (Å²) in [4.78, 5) is 0. The molecule has 0 aliphatic heterocycles. The molecular weight excluding hydrogens is 677 g/mol. The minimum absolute atomic E-state index is 0.0738. The van der Waals surface area contributed by atoms with E-state index in [9.17, 15) is 0 Å². The molecule has 0 N–H and O–H groups in total. The molecule has 0 radical (unpaired) electrons. The van der Waals surface area contributed by atoms with Crippen molar-refractivity contribution >= 4 is 39.5 Å². The van der Waals surface area contributed by atoms with Crippen LogP contribution in [-0.2, 0) is 5.41 Å². The van der Waals surface area contributed by atoms with Gasteiger partial charge in [0.2, 0.25) is 0 Å². The van der Waals surface area contributed by atoms with Crippen LogP contribution in [0.2, 0.25) is 0 Å². The summed E-state index contributed by atoms with van der Waals surface area (Å²) in [6.07, 6.45) is 11.9.